The number of Topliss-reactive ketones (excluding diaryl/α,β-unsaturated/α-hetero) is 1. The fraction of sp³-hybridized carbons (Fsp3) is 0.278. The minimum absolute atomic E-state index is 0.118. The van der Waals surface area contributed by atoms with Crippen molar-refractivity contribution in [2.75, 3.05) is 13.7 Å². The van der Waals surface area contributed by atoms with Crippen molar-refractivity contribution in [1.29, 1.82) is 0 Å². The van der Waals surface area contributed by atoms with Gasteiger partial charge in [-0.1, -0.05) is 48.0 Å². The number of hydrogen-bond acceptors (Lipinski definition) is 3. The third-order valence-electron chi connectivity index (χ3n) is 3.63. The smallest absolute Gasteiger partial charge is 0.146 e. The highest BCUT2D eigenvalue weighted by molar-refractivity contribution is 5.88. The predicted molar refractivity (Wildman–Crippen MR) is 84.7 cm³/mol. The highest BCUT2D eigenvalue weighted by Gasteiger charge is 2.20. The van der Waals surface area contributed by atoms with Gasteiger partial charge in [-0.05, 0) is 18.6 Å². The molecule has 0 aliphatic carbocycles. The van der Waals surface area contributed by atoms with Crippen molar-refractivity contribution >= 4 is 5.78 Å². The SMILES string of the molecule is COc1ccc(C)cc1CC(=O)C(CN)c1ccccc1. The number of rotatable bonds is 6. The summed E-state index contributed by atoms with van der Waals surface area (Å²) in [6, 6.07) is 15.6. The average molecular weight is 283 g/mol. The van der Waals surface area contributed by atoms with E-state index < -0.39 is 0 Å². The van der Waals surface area contributed by atoms with E-state index in [0.29, 0.717) is 13.0 Å². The van der Waals surface area contributed by atoms with Crippen LogP contribution in [0.25, 0.3) is 0 Å². The van der Waals surface area contributed by atoms with Gasteiger partial charge in [-0.15, -0.1) is 0 Å². The second-order valence-corrected chi connectivity index (χ2v) is 5.16. The zero-order valence-electron chi connectivity index (χ0n) is 12.5. The maximum absolute atomic E-state index is 12.6. The van der Waals surface area contributed by atoms with Crippen LogP contribution in [0.3, 0.4) is 0 Å². The van der Waals surface area contributed by atoms with E-state index >= 15 is 0 Å². The van der Waals surface area contributed by atoms with Gasteiger partial charge in [0, 0.05) is 18.5 Å². The quantitative estimate of drug-likeness (QED) is 0.887. The second-order valence-electron chi connectivity index (χ2n) is 5.16. The van der Waals surface area contributed by atoms with E-state index in [2.05, 4.69) is 0 Å². The fourth-order valence-electron chi connectivity index (χ4n) is 2.50. The number of hydrogen-bond donors (Lipinski definition) is 1. The van der Waals surface area contributed by atoms with Crippen molar-refractivity contribution in [3.8, 4) is 5.75 Å². The molecule has 0 saturated carbocycles. The molecule has 0 aromatic heterocycles. The van der Waals surface area contributed by atoms with Crippen molar-refractivity contribution < 1.29 is 9.53 Å². The molecule has 2 aromatic rings. The van der Waals surface area contributed by atoms with Gasteiger partial charge in [0.25, 0.3) is 0 Å². The Morgan fingerprint density at radius 3 is 2.52 bits per heavy atom. The van der Waals surface area contributed by atoms with E-state index in [1.54, 1.807) is 7.11 Å². The van der Waals surface area contributed by atoms with E-state index in [-0.39, 0.29) is 11.7 Å². The highest BCUT2D eigenvalue weighted by Crippen LogP contribution is 2.24. The monoisotopic (exact) mass is 283 g/mol. The molecule has 0 aliphatic rings. The van der Waals surface area contributed by atoms with Gasteiger partial charge < -0.3 is 10.5 Å². The molecule has 0 saturated heterocycles. The first-order valence-corrected chi connectivity index (χ1v) is 7.07. The van der Waals surface area contributed by atoms with E-state index in [4.69, 9.17) is 10.5 Å². The Labute approximate surface area is 125 Å². The molecule has 2 N–H and O–H groups in total. The largest absolute Gasteiger partial charge is 0.496 e. The van der Waals surface area contributed by atoms with Crippen LogP contribution >= 0.6 is 0 Å². The van der Waals surface area contributed by atoms with Crippen LogP contribution in [0.4, 0.5) is 0 Å². The molecule has 0 fully saturated rings. The second kappa shape index (κ2) is 7.04. The Morgan fingerprint density at radius 2 is 1.90 bits per heavy atom. The maximum Gasteiger partial charge on any atom is 0.146 e. The Balaban J connectivity index is 2.22. The summed E-state index contributed by atoms with van der Waals surface area (Å²) in [5, 5.41) is 0. The molecule has 0 aliphatic heterocycles. The Morgan fingerprint density at radius 1 is 1.19 bits per heavy atom. The number of carbonyl (C=O) groups is 1. The van der Waals surface area contributed by atoms with Crippen LogP contribution in [0.2, 0.25) is 0 Å². The summed E-state index contributed by atoms with van der Waals surface area (Å²) in [7, 11) is 1.62. The van der Waals surface area contributed by atoms with Crippen LogP contribution < -0.4 is 10.5 Å². The number of methoxy groups -OCH3 is 1. The van der Waals surface area contributed by atoms with Crippen LogP contribution in [-0.2, 0) is 11.2 Å². The fourth-order valence-corrected chi connectivity index (χ4v) is 2.50. The van der Waals surface area contributed by atoms with Gasteiger partial charge >= 0.3 is 0 Å². The average Bonchev–Trinajstić information content (AvgIpc) is 2.49. The van der Waals surface area contributed by atoms with Gasteiger partial charge in [0.15, 0.2) is 0 Å². The van der Waals surface area contributed by atoms with Gasteiger partial charge in [-0.25, -0.2) is 0 Å². The van der Waals surface area contributed by atoms with Crippen molar-refractivity contribution in [2.45, 2.75) is 19.3 Å². The minimum Gasteiger partial charge on any atom is -0.496 e. The molecule has 3 heteroatoms. The molecule has 0 bridgehead atoms. The van der Waals surface area contributed by atoms with Crippen molar-refractivity contribution in [2.24, 2.45) is 5.73 Å². The molecule has 0 radical (unpaired) electrons. The summed E-state index contributed by atoms with van der Waals surface area (Å²) in [6.45, 7) is 2.32. The van der Waals surface area contributed by atoms with Gasteiger partial charge in [0.1, 0.15) is 11.5 Å². The first kappa shape index (κ1) is 15.3. The highest BCUT2D eigenvalue weighted by atomic mass is 16.5. The molecule has 0 spiro atoms. The number of nitrogens with two attached hydrogens (primary N) is 1. The Bertz CT molecular complexity index is 608. The molecule has 2 aromatic carbocycles. The number of carbonyl (C=O) groups excluding carboxylic acids is 1. The van der Waals surface area contributed by atoms with E-state index in [0.717, 1.165) is 22.4 Å². The molecule has 110 valence electrons. The lowest BCUT2D eigenvalue weighted by molar-refractivity contribution is -0.119. The molecule has 1 atom stereocenters. The number of benzene rings is 2. The van der Waals surface area contributed by atoms with Crippen molar-refractivity contribution in [3.63, 3.8) is 0 Å². The normalized spacial score (nSPS) is 12.0. The molecule has 2 rings (SSSR count). The molecule has 0 heterocycles. The van der Waals surface area contributed by atoms with Crippen LogP contribution in [0, 0.1) is 6.92 Å². The van der Waals surface area contributed by atoms with Crippen LogP contribution in [0.1, 0.15) is 22.6 Å². The lowest BCUT2D eigenvalue weighted by atomic mass is 9.90. The van der Waals surface area contributed by atoms with Crippen molar-refractivity contribution in [3.05, 3.63) is 65.2 Å². The van der Waals surface area contributed by atoms with Crippen LogP contribution in [0.15, 0.2) is 48.5 Å². The molecule has 1 unspecified atom stereocenters. The molecule has 0 amide bonds. The lowest BCUT2D eigenvalue weighted by Crippen LogP contribution is -2.23. The van der Waals surface area contributed by atoms with Gasteiger partial charge in [-0.3, -0.25) is 4.79 Å². The first-order chi connectivity index (χ1) is 10.2. The summed E-state index contributed by atoms with van der Waals surface area (Å²) in [6.07, 6.45) is 0.335. The lowest BCUT2D eigenvalue weighted by Gasteiger charge is -2.15. The summed E-state index contributed by atoms with van der Waals surface area (Å²) < 4.78 is 5.34. The van der Waals surface area contributed by atoms with Gasteiger partial charge in [-0.2, -0.15) is 0 Å². The van der Waals surface area contributed by atoms with Crippen molar-refractivity contribution in [1.82, 2.24) is 0 Å². The van der Waals surface area contributed by atoms with E-state index in [1.807, 2.05) is 55.5 Å². The number of ketones is 1. The maximum atomic E-state index is 12.6. The van der Waals surface area contributed by atoms with Gasteiger partial charge in [0.05, 0.1) is 13.0 Å². The minimum atomic E-state index is -0.267. The molecular formula is C18H21NO2. The van der Waals surface area contributed by atoms with Crippen LogP contribution in [-0.4, -0.2) is 19.4 Å². The van der Waals surface area contributed by atoms with E-state index in [1.165, 1.54) is 0 Å². The molecule has 21 heavy (non-hydrogen) atoms. The topological polar surface area (TPSA) is 52.3 Å². The van der Waals surface area contributed by atoms with E-state index in [9.17, 15) is 4.79 Å². The molecule has 3 nitrogen and oxygen atoms in total. The van der Waals surface area contributed by atoms with Crippen LogP contribution in [0.5, 0.6) is 5.75 Å². The Kier molecular flexibility index (Phi) is 5.12. The zero-order valence-corrected chi connectivity index (χ0v) is 12.5. The Hall–Kier alpha value is -2.13. The third kappa shape index (κ3) is 3.70. The molecular weight excluding hydrogens is 262 g/mol. The number of ether oxygens (including phenoxy) is 1. The number of aryl methyl sites for hydroxylation is 1. The van der Waals surface area contributed by atoms with Gasteiger partial charge in [0.2, 0.25) is 0 Å². The third-order valence-corrected chi connectivity index (χ3v) is 3.63. The standard InChI is InChI=1S/C18H21NO2/c1-13-8-9-18(21-2)15(10-13)11-17(20)16(12-19)14-6-4-3-5-7-14/h3-10,16H,11-12,19H2,1-2H3. The summed E-state index contributed by atoms with van der Waals surface area (Å²) >= 11 is 0. The summed E-state index contributed by atoms with van der Waals surface area (Å²) in [4.78, 5) is 12.6. The predicted octanol–water partition coefficient (Wildman–Crippen LogP) is 2.86. The summed E-state index contributed by atoms with van der Waals surface area (Å²) in [5.74, 6) is 0.599. The first-order valence-electron chi connectivity index (χ1n) is 7.07. The zero-order chi connectivity index (χ0) is 15.2. The summed E-state index contributed by atoms with van der Waals surface area (Å²) in [5.41, 5.74) is 8.80.